The Morgan fingerprint density at radius 1 is 1.29 bits per heavy atom. The summed E-state index contributed by atoms with van der Waals surface area (Å²) in [5.41, 5.74) is 2.77. The molecule has 1 aromatic heterocycles. The number of guanidine groups is 1. The van der Waals surface area contributed by atoms with Crippen LogP contribution in [0.1, 0.15) is 34.7 Å². The molecule has 0 saturated carbocycles. The first-order valence-corrected chi connectivity index (χ1v) is 10.7. The van der Waals surface area contributed by atoms with E-state index in [1.807, 2.05) is 12.1 Å². The highest BCUT2D eigenvalue weighted by molar-refractivity contribution is 7.09. The van der Waals surface area contributed by atoms with Crippen molar-refractivity contribution in [3.05, 3.63) is 51.2 Å². The number of hydrogen-bond acceptors (Lipinski definition) is 4. The van der Waals surface area contributed by atoms with E-state index in [1.165, 1.54) is 18.5 Å². The molecule has 5 nitrogen and oxygen atoms in total. The van der Waals surface area contributed by atoms with E-state index in [0.29, 0.717) is 18.0 Å². The molecule has 152 valence electrons. The first-order valence-electron chi connectivity index (χ1n) is 9.86. The molecule has 2 N–H and O–H groups in total. The Labute approximate surface area is 171 Å². The van der Waals surface area contributed by atoms with Crippen molar-refractivity contribution >= 4 is 17.3 Å². The van der Waals surface area contributed by atoms with Crippen LogP contribution in [0.3, 0.4) is 0 Å². The van der Waals surface area contributed by atoms with E-state index in [9.17, 15) is 4.39 Å². The molecule has 1 fully saturated rings. The quantitative estimate of drug-likeness (QED) is 0.573. The summed E-state index contributed by atoms with van der Waals surface area (Å²) in [6, 6.07) is 5.33. The lowest BCUT2D eigenvalue weighted by atomic mass is 9.97. The number of aromatic nitrogens is 1. The van der Waals surface area contributed by atoms with Gasteiger partial charge >= 0.3 is 0 Å². The van der Waals surface area contributed by atoms with Gasteiger partial charge in [-0.3, -0.25) is 9.89 Å². The van der Waals surface area contributed by atoms with E-state index in [2.05, 4.69) is 37.8 Å². The molecule has 2 aromatic rings. The second-order valence-corrected chi connectivity index (χ2v) is 8.53. The minimum absolute atomic E-state index is 0.165. The van der Waals surface area contributed by atoms with Crippen LogP contribution in [0, 0.1) is 25.6 Å². The van der Waals surface area contributed by atoms with Gasteiger partial charge in [0.05, 0.1) is 10.7 Å². The molecule has 28 heavy (non-hydrogen) atoms. The van der Waals surface area contributed by atoms with Crippen LogP contribution in [0.4, 0.5) is 4.39 Å². The normalized spacial score (nSPS) is 16.4. The van der Waals surface area contributed by atoms with Crippen molar-refractivity contribution in [1.82, 2.24) is 20.5 Å². The highest BCUT2D eigenvalue weighted by Gasteiger charge is 2.20. The summed E-state index contributed by atoms with van der Waals surface area (Å²) < 4.78 is 13.7. The van der Waals surface area contributed by atoms with Crippen LogP contribution in [-0.2, 0) is 13.1 Å². The molecule has 1 aliphatic heterocycles. The van der Waals surface area contributed by atoms with Gasteiger partial charge in [0.25, 0.3) is 0 Å². The summed E-state index contributed by atoms with van der Waals surface area (Å²) in [6.45, 7) is 8.47. The lowest BCUT2D eigenvalue weighted by Gasteiger charge is -2.31. The molecule has 2 heterocycles. The number of hydrogen-bond donors (Lipinski definition) is 2. The predicted molar refractivity (Wildman–Crippen MR) is 114 cm³/mol. The topological polar surface area (TPSA) is 52.6 Å². The first-order chi connectivity index (χ1) is 13.5. The number of likely N-dealkylation sites (tertiary alicyclic amines) is 1. The number of piperidine rings is 1. The van der Waals surface area contributed by atoms with Crippen molar-refractivity contribution in [3.8, 4) is 0 Å². The van der Waals surface area contributed by atoms with E-state index in [4.69, 9.17) is 0 Å². The Bertz CT molecular complexity index is 796. The van der Waals surface area contributed by atoms with Crippen molar-refractivity contribution in [2.24, 2.45) is 10.9 Å². The first kappa shape index (κ1) is 20.7. The molecule has 7 heteroatoms. The number of aryl methyl sites for hydroxylation is 2. The second kappa shape index (κ2) is 9.98. The molecule has 1 aromatic carbocycles. The Kier molecular flexibility index (Phi) is 7.39. The van der Waals surface area contributed by atoms with Gasteiger partial charge in [-0.15, -0.1) is 11.3 Å². The van der Waals surface area contributed by atoms with Gasteiger partial charge in [-0.2, -0.15) is 0 Å². The Morgan fingerprint density at radius 3 is 2.71 bits per heavy atom. The van der Waals surface area contributed by atoms with Crippen LogP contribution < -0.4 is 10.6 Å². The molecule has 1 saturated heterocycles. The van der Waals surface area contributed by atoms with E-state index < -0.39 is 0 Å². The molecule has 3 rings (SSSR count). The standard InChI is InChI=1S/C21H30FN5S/c1-15-4-5-18(10-20(15)22)12-25-21(23-3)24-11-17-6-8-27(9-7-17)13-19-14-28-16(2)26-19/h4-5,10,14,17H,6-9,11-13H2,1-3H3,(H2,23,24,25). The maximum Gasteiger partial charge on any atom is 0.191 e. The maximum absolute atomic E-state index is 13.7. The molecule has 0 amide bonds. The SMILES string of the molecule is CN=C(NCc1ccc(C)c(F)c1)NCC1CCN(Cc2csc(C)n2)CC1. The summed E-state index contributed by atoms with van der Waals surface area (Å²) in [7, 11) is 1.77. The average Bonchev–Trinajstić information content (AvgIpc) is 3.10. The van der Waals surface area contributed by atoms with Crippen LogP contribution in [0.15, 0.2) is 28.6 Å². The summed E-state index contributed by atoms with van der Waals surface area (Å²) in [5, 5.41) is 9.99. The van der Waals surface area contributed by atoms with E-state index in [-0.39, 0.29) is 5.82 Å². The van der Waals surface area contributed by atoms with E-state index in [1.54, 1.807) is 31.4 Å². The van der Waals surface area contributed by atoms with Crippen molar-refractivity contribution in [3.63, 3.8) is 0 Å². The molecule has 1 aliphatic rings. The van der Waals surface area contributed by atoms with Crippen LogP contribution in [0.25, 0.3) is 0 Å². The van der Waals surface area contributed by atoms with Crippen molar-refractivity contribution < 1.29 is 4.39 Å². The van der Waals surface area contributed by atoms with Crippen molar-refractivity contribution in [2.75, 3.05) is 26.7 Å². The third kappa shape index (κ3) is 6.01. The summed E-state index contributed by atoms with van der Waals surface area (Å²) in [4.78, 5) is 11.3. The molecule has 0 atom stereocenters. The fourth-order valence-corrected chi connectivity index (χ4v) is 4.06. The minimum atomic E-state index is -0.165. The van der Waals surface area contributed by atoms with Crippen LogP contribution in [0.5, 0.6) is 0 Å². The summed E-state index contributed by atoms with van der Waals surface area (Å²) in [5.74, 6) is 1.24. The largest absolute Gasteiger partial charge is 0.356 e. The summed E-state index contributed by atoms with van der Waals surface area (Å²) >= 11 is 1.72. The fraction of sp³-hybridized carbons (Fsp3) is 0.524. The zero-order valence-electron chi connectivity index (χ0n) is 17.0. The second-order valence-electron chi connectivity index (χ2n) is 7.47. The van der Waals surface area contributed by atoms with Crippen LogP contribution in [0.2, 0.25) is 0 Å². The third-order valence-electron chi connectivity index (χ3n) is 5.24. The monoisotopic (exact) mass is 403 g/mol. The number of nitrogens with one attached hydrogen (secondary N) is 2. The van der Waals surface area contributed by atoms with Gasteiger partial charge in [0.2, 0.25) is 0 Å². The van der Waals surface area contributed by atoms with Gasteiger partial charge in [-0.25, -0.2) is 9.37 Å². The van der Waals surface area contributed by atoms with Gasteiger partial charge in [-0.05, 0) is 62.9 Å². The van der Waals surface area contributed by atoms with Crippen molar-refractivity contribution in [1.29, 1.82) is 0 Å². The highest BCUT2D eigenvalue weighted by atomic mass is 32.1. The molecular formula is C21H30FN5S. The average molecular weight is 404 g/mol. The number of rotatable bonds is 6. The molecule has 0 spiro atoms. The highest BCUT2D eigenvalue weighted by Crippen LogP contribution is 2.19. The Hall–Kier alpha value is -1.99. The minimum Gasteiger partial charge on any atom is -0.356 e. The Morgan fingerprint density at radius 2 is 2.07 bits per heavy atom. The smallest absolute Gasteiger partial charge is 0.191 e. The van der Waals surface area contributed by atoms with Gasteiger partial charge in [0.15, 0.2) is 5.96 Å². The van der Waals surface area contributed by atoms with E-state index >= 15 is 0 Å². The predicted octanol–water partition coefficient (Wildman–Crippen LogP) is 3.48. The lowest BCUT2D eigenvalue weighted by Crippen LogP contribution is -2.42. The number of benzene rings is 1. The summed E-state index contributed by atoms with van der Waals surface area (Å²) in [6.07, 6.45) is 2.35. The third-order valence-corrected chi connectivity index (χ3v) is 6.06. The number of thiazole rings is 1. The van der Waals surface area contributed by atoms with Gasteiger partial charge in [-0.1, -0.05) is 12.1 Å². The van der Waals surface area contributed by atoms with Gasteiger partial charge in [0.1, 0.15) is 5.82 Å². The zero-order chi connectivity index (χ0) is 19.9. The maximum atomic E-state index is 13.7. The lowest BCUT2D eigenvalue weighted by molar-refractivity contribution is 0.176. The number of aliphatic imine (C=N–C) groups is 1. The van der Waals surface area contributed by atoms with Crippen molar-refractivity contribution in [2.45, 2.75) is 39.8 Å². The van der Waals surface area contributed by atoms with Gasteiger partial charge in [0, 0.05) is 32.1 Å². The Balaban J connectivity index is 1.38. The molecular weight excluding hydrogens is 373 g/mol. The molecule has 0 bridgehead atoms. The molecule has 0 radical (unpaired) electrons. The van der Waals surface area contributed by atoms with Crippen LogP contribution >= 0.6 is 11.3 Å². The fourth-order valence-electron chi connectivity index (χ4n) is 3.45. The number of halogens is 1. The molecule has 0 aliphatic carbocycles. The van der Waals surface area contributed by atoms with E-state index in [0.717, 1.165) is 42.7 Å². The van der Waals surface area contributed by atoms with Crippen LogP contribution in [-0.4, -0.2) is 42.5 Å². The zero-order valence-corrected chi connectivity index (χ0v) is 17.8. The van der Waals surface area contributed by atoms with Gasteiger partial charge < -0.3 is 10.6 Å². The number of nitrogens with zero attached hydrogens (tertiary/aromatic N) is 3. The molecule has 0 unspecified atom stereocenters.